The second-order valence-corrected chi connectivity index (χ2v) is 7.17. The lowest BCUT2D eigenvalue weighted by atomic mass is 9.74. The summed E-state index contributed by atoms with van der Waals surface area (Å²) in [7, 11) is 0. The van der Waals surface area contributed by atoms with Gasteiger partial charge in [-0.25, -0.2) is 0 Å². The van der Waals surface area contributed by atoms with Crippen molar-refractivity contribution < 1.29 is 9.90 Å². The van der Waals surface area contributed by atoms with E-state index in [2.05, 4.69) is 25.7 Å². The molecule has 0 bridgehead atoms. The van der Waals surface area contributed by atoms with Gasteiger partial charge in [0.2, 0.25) is 0 Å². The zero-order valence-electron chi connectivity index (χ0n) is 12.7. The molecule has 2 fully saturated rings. The number of piperidine rings is 1. The minimum atomic E-state index is -0.622. The number of likely N-dealkylation sites (tertiary alicyclic amines) is 1. The molecule has 2 aliphatic rings. The second-order valence-electron chi connectivity index (χ2n) is 7.17. The van der Waals surface area contributed by atoms with Crippen molar-refractivity contribution in [3.8, 4) is 0 Å². The van der Waals surface area contributed by atoms with Crippen molar-refractivity contribution >= 4 is 5.97 Å². The van der Waals surface area contributed by atoms with E-state index in [1.807, 2.05) is 0 Å². The minimum absolute atomic E-state index is 0.0940. The van der Waals surface area contributed by atoms with Crippen LogP contribution in [0.3, 0.4) is 0 Å². The molecule has 1 N–H and O–H groups in total. The number of carbonyl (C=O) groups is 1. The van der Waals surface area contributed by atoms with Crippen LogP contribution < -0.4 is 0 Å². The molecule has 2 rings (SSSR count). The fourth-order valence-corrected chi connectivity index (χ4v) is 4.24. The molecule has 1 aliphatic heterocycles. The van der Waals surface area contributed by atoms with Gasteiger partial charge >= 0.3 is 5.97 Å². The molecule has 0 aromatic carbocycles. The highest BCUT2D eigenvalue weighted by Crippen LogP contribution is 2.40. The van der Waals surface area contributed by atoms with Gasteiger partial charge in [0.25, 0.3) is 0 Å². The third-order valence-corrected chi connectivity index (χ3v) is 5.34. The molecule has 1 heterocycles. The molecule has 3 nitrogen and oxygen atoms in total. The Kier molecular flexibility index (Phi) is 4.54. The largest absolute Gasteiger partial charge is 0.480 e. The summed E-state index contributed by atoms with van der Waals surface area (Å²) in [5, 5.41) is 9.66. The van der Waals surface area contributed by atoms with E-state index in [4.69, 9.17) is 0 Å². The normalized spacial score (nSPS) is 36.1. The Labute approximate surface area is 117 Å². The van der Waals surface area contributed by atoms with Gasteiger partial charge in [0.15, 0.2) is 0 Å². The second kappa shape index (κ2) is 5.82. The quantitative estimate of drug-likeness (QED) is 0.850. The minimum Gasteiger partial charge on any atom is -0.480 e. The Hall–Kier alpha value is -0.570. The van der Waals surface area contributed by atoms with Crippen molar-refractivity contribution in [2.75, 3.05) is 6.54 Å². The first-order valence-corrected chi connectivity index (χ1v) is 7.94. The lowest BCUT2D eigenvalue weighted by Gasteiger charge is -2.49. The third kappa shape index (κ3) is 3.13. The molecule has 110 valence electrons. The van der Waals surface area contributed by atoms with E-state index in [0.29, 0.717) is 6.04 Å². The van der Waals surface area contributed by atoms with Gasteiger partial charge in [-0.3, -0.25) is 9.69 Å². The summed E-state index contributed by atoms with van der Waals surface area (Å²) in [6.45, 7) is 7.49. The van der Waals surface area contributed by atoms with Crippen molar-refractivity contribution in [1.82, 2.24) is 4.90 Å². The fraction of sp³-hybridized carbons (Fsp3) is 0.938. The topological polar surface area (TPSA) is 40.5 Å². The number of hydrogen-bond acceptors (Lipinski definition) is 2. The van der Waals surface area contributed by atoms with Crippen LogP contribution in [0.4, 0.5) is 0 Å². The van der Waals surface area contributed by atoms with Crippen LogP contribution in [-0.2, 0) is 4.79 Å². The van der Waals surface area contributed by atoms with Crippen LogP contribution in [-0.4, -0.2) is 34.6 Å². The standard InChI is InChI=1S/C16H29NO2/c1-4-12-7-5-8-13(11-12)17-10-6-9-16(2,3)14(17)15(18)19/h12-14H,4-11H2,1-3H3,(H,18,19). The maximum atomic E-state index is 11.7. The average Bonchev–Trinajstić information content (AvgIpc) is 2.37. The summed E-state index contributed by atoms with van der Waals surface area (Å²) >= 11 is 0. The molecule has 0 aromatic heterocycles. The molecular formula is C16H29NO2. The number of nitrogens with zero attached hydrogens (tertiary/aromatic N) is 1. The summed E-state index contributed by atoms with van der Waals surface area (Å²) in [5.41, 5.74) is -0.0940. The Balaban J connectivity index is 2.14. The average molecular weight is 267 g/mol. The molecule has 0 amide bonds. The van der Waals surface area contributed by atoms with E-state index in [9.17, 15) is 9.90 Å². The van der Waals surface area contributed by atoms with Gasteiger partial charge in [0.05, 0.1) is 0 Å². The van der Waals surface area contributed by atoms with E-state index in [-0.39, 0.29) is 11.5 Å². The van der Waals surface area contributed by atoms with Crippen molar-refractivity contribution in [3.63, 3.8) is 0 Å². The summed E-state index contributed by atoms with van der Waals surface area (Å²) in [5.74, 6) is 0.182. The summed E-state index contributed by atoms with van der Waals surface area (Å²) < 4.78 is 0. The summed E-state index contributed by atoms with van der Waals surface area (Å²) in [6, 6.07) is 0.209. The molecule has 3 heteroatoms. The monoisotopic (exact) mass is 267 g/mol. The highest BCUT2D eigenvalue weighted by atomic mass is 16.4. The number of carboxylic acid groups (broad SMARTS) is 1. The van der Waals surface area contributed by atoms with Gasteiger partial charge in [-0.05, 0) is 43.6 Å². The molecule has 1 aliphatic carbocycles. The van der Waals surface area contributed by atoms with E-state index in [1.54, 1.807) is 0 Å². The molecular weight excluding hydrogens is 238 g/mol. The van der Waals surface area contributed by atoms with Crippen LogP contribution in [0, 0.1) is 11.3 Å². The van der Waals surface area contributed by atoms with Crippen molar-refractivity contribution in [2.45, 2.75) is 77.8 Å². The summed E-state index contributed by atoms with van der Waals surface area (Å²) in [4.78, 5) is 14.1. The Bertz CT molecular complexity index is 327. The zero-order chi connectivity index (χ0) is 14.0. The highest BCUT2D eigenvalue weighted by molar-refractivity contribution is 5.74. The molecule has 1 saturated heterocycles. The Morgan fingerprint density at radius 1 is 1.32 bits per heavy atom. The lowest BCUT2D eigenvalue weighted by molar-refractivity contribution is -0.153. The predicted octanol–water partition coefficient (Wildman–Crippen LogP) is 3.53. The molecule has 19 heavy (non-hydrogen) atoms. The van der Waals surface area contributed by atoms with Crippen molar-refractivity contribution in [1.29, 1.82) is 0 Å². The summed E-state index contributed by atoms with van der Waals surface area (Å²) in [6.07, 6.45) is 8.42. The number of hydrogen-bond donors (Lipinski definition) is 1. The molecule has 3 atom stereocenters. The van der Waals surface area contributed by atoms with E-state index < -0.39 is 5.97 Å². The van der Waals surface area contributed by atoms with E-state index in [0.717, 1.165) is 25.3 Å². The van der Waals surface area contributed by atoms with Gasteiger partial charge in [-0.2, -0.15) is 0 Å². The lowest BCUT2D eigenvalue weighted by Crippen LogP contribution is -2.58. The molecule has 0 spiro atoms. The SMILES string of the molecule is CCC1CCCC(N2CCCC(C)(C)C2C(=O)O)C1. The van der Waals surface area contributed by atoms with Crippen LogP contribution in [0.15, 0.2) is 0 Å². The highest BCUT2D eigenvalue weighted by Gasteiger charge is 2.45. The van der Waals surface area contributed by atoms with E-state index >= 15 is 0 Å². The smallest absolute Gasteiger partial charge is 0.321 e. The number of carboxylic acids is 1. The van der Waals surface area contributed by atoms with Crippen molar-refractivity contribution in [3.05, 3.63) is 0 Å². The zero-order valence-corrected chi connectivity index (χ0v) is 12.7. The van der Waals surface area contributed by atoms with Gasteiger partial charge in [-0.15, -0.1) is 0 Å². The van der Waals surface area contributed by atoms with E-state index in [1.165, 1.54) is 32.1 Å². The van der Waals surface area contributed by atoms with Crippen molar-refractivity contribution in [2.24, 2.45) is 11.3 Å². The Morgan fingerprint density at radius 3 is 2.68 bits per heavy atom. The first kappa shape index (κ1) is 14.8. The maximum Gasteiger partial charge on any atom is 0.321 e. The fourth-order valence-electron chi connectivity index (χ4n) is 4.24. The van der Waals surface area contributed by atoms with Crippen LogP contribution in [0.2, 0.25) is 0 Å². The van der Waals surface area contributed by atoms with Crippen LogP contribution in [0.25, 0.3) is 0 Å². The maximum absolute atomic E-state index is 11.7. The first-order valence-electron chi connectivity index (χ1n) is 7.94. The van der Waals surface area contributed by atoms with Gasteiger partial charge in [-0.1, -0.05) is 40.0 Å². The Morgan fingerprint density at radius 2 is 2.05 bits per heavy atom. The van der Waals surface area contributed by atoms with Gasteiger partial charge in [0.1, 0.15) is 6.04 Å². The van der Waals surface area contributed by atoms with Crippen LogP contribution in [0.1, 0.15) is 65.7 Å². The first-order chi connectivity index (χ1) is 8.95. The van der Waals surface area contributed by atoms with Crippen LogP contribution in [0.5, 0.6) is 0 Å². The van der Waals surface area contributed by atoms with Gasteiger partial charge in [0, 0.05) is 6.04 Å². The molecule has 1 saturated carbocycles. The molecule has 0 aromatic rings. The third-order valence-electron chi connectivity index (χ3n) is 5.34. The van der Waals surface area contributed by atoms with Crippen LogP contribution >= 0.6 is 0 Å². The van der Waals surface area contributed by atoms with Gasteiger partial charge < -0.3 is 5.11 Å². The molecule has 3 unspecified atom stereocenters. The number of aliphatic carboxylic acids is 1. The molecule has 0 radical (unpaired) electrons. The predicted molar refractivity (Wildman–Crippen MR) is 77.2 cm³/mol. The number of rotatable bonds is 3.